The number of hydrogen-bond acceptors (Lipinski definition) is 3. The fraction of sp³-hybridized carbons (Fsp3) is 0. The number of hydrogen-bond donors (Lipinski definition) is 1. The van der Waals surface area contributed by atoms with Crippen molar-refractivity contribution in [2.45, 2.75) is 0 Å². The Bertz CT molecular complexity index is 719. The quantitative estimate of drug-likeness (QED) is 0.692. The summed E-state index contributed by atoms with van der Waals surface area (Å²) in [5.41, 5.74) is 7.49. The fourth-order valence-electron chi connectivity index (χ4n) is 1.79. The van der Waals surface area contributed by atoms with Crippen molar-refractivity contribution in [3.63, 3.8) is 0 Å². The molecular formula is C13H8BrFN2O. The highest BCUT2D eigenvalue weighted by Crippen LogP contribution is 2.33. The van der Waals surface area contributed by atoms with Gasteiger partial charge in [0.15, 0.2) is 5.58 Å². The summed E-state index contributed by atoms with van der Waals surface area (Å²) in [5, 5.41) is 0. The molecule has 0 fully saturated rings. The van der Waals surface area contributed by atoms with Gasteiger partial charge in [-0.2, -0.15) is 0 Å². The number of nitrogens with zero attached hydrogens (tertiary/aromatic N) is 1. The first-order chi connectivity index (χ1) is 8.66. The monoisotopic (exact) mass is 306 g/mol. The molecule has 0 atom stereocenters. The number of nitrogens with two attached hydrogens (primary N) is 1. The second kappa shape index (κ2) is 4.10. The lowest BCUT2D eigenvalue weighted by atomic mass is 10.1. The predicted molar refractivity (Wildman–Crippen MR) is 71.5 cm³/mol. The molecule has 0 saturated heterocycles. The Labute approximate surface area is 111 Å². The standard InChI is InChI=1S/C13H8BrFN2O/c14-7-3-1-6-10-12(7)18-13(17-10)11-8(15)4-2-5-9(11)16/h1-6H,16H2. The van der Waals surface area contributed by atoms with Crippen molar-refractivity contribution in [2.24, 2.45) is 0 Å². The minimum atomic E-state index is -0.447. The Hall–Kier alpha value is -1.88. The van der Waals surface area contributed by atoms with E-state index in [1.54, 1.807) is 18.2 Å². The van der Waals surface area contributed by atoms with Gasteiger partial charge in [-0.25, -0.2) is 9.37 Å². The second-order valence-corrected chi connectivity index (χ2v) is 4.67. The maximum atomic E-state index is 13.8. The van der Waals surface area contributed by atoms with Gasteiger partial charge < -0.3 is 10.2 Å². The van der Waals surface area contributed by atoms with E-state index in [9.17, 15) is 4.39 Å². The molecule has 0 aliphatic rings. The zero-order valence-corrected chi connectivity index (χ0v) is 10.7. The number of benzene rings is 2. The van der Waals surface area contributed by atoms with Gasteiger partial charge in [-0.3, -0.25) is 0 Å². The van der Waals surface area contributed by atoms with Gasteiger partial charge in [0, 0.05) is 5.69 Å². The largest absolute Gasteiger partial charge is 0.435 e. The van der Waals surface area contributed by atoms with E-state index in [0.717, 1.165) is 4.47 Å². The molecule has 1 aromatic heterocycles. The molecule has 18 heavy (non-hydrogen) atoms. The molecule has 0 bridgehead atoms. The molecule has 1 heterocycles. The van der Waals surface area contributed by atoms with Gasteiger partial charge >= 0.3 is 0 Å². The summed E-state index contributed by atoms with van der Waals surface area (Å²) in [6, 6.07) is 9.96. The highest BCUT2D eigenvalue weighted by molar-refractivity contribution is 9.10. The van der Waals surface area contributed by atoms with Crippen molar-refractivity contribution in [2.75, 3.05) is 5.73 Å². The number of fused-ring (bicyclic) bond motifs is 1. The van der Waals surface area contributed by atoms with Gasteiger partial charge in [0.1, 0.15) is 11.3 Å². The molecule has 0 spiro atoms. The van der Waals surface area contributed by atoms with Crippen molar-refractivity contribution in [1.29, 1.82) is 0 Å². The summed E-state index contributed by atoms with van der Waals surface area (Å²) >= 11 is 3.36. The number of nitrogen functional groups attached to an aromatic ring is 1. The van der Waals surface area contributed by atoms with Gasteiger partial charge in [-0.05, 0) is 40.2 Å². The van der Waals surface area contributed by atoms with Crippen LogP contribution in [0.3, 0.4) is 0 Å². The average molecular weight is 307 g/mol. The SMILES string of the molecule is Nc1cccc(F)c1-c1nc2cccc(Br)c2o1. The minimum Gasteiger partial charge on any atom is -0.435 e. The molecule has 5 heteroatoms. The van der Waals surface area contributed by atoms with E-state index in [1.807, 2.05) is 12.1 Å². The molecule has 0 radical (unpaired) electrons. The van der Waals surface area contributed by atoms with Crippen LogP contribution in [-0.2, 0) is 0 Å². The van der Waals surface area contributed by atoms with Gasteiger partial charge in [0.05, 0.1) is 10.0 Å². The normalized spacial score (nSPS) is 11.0. The predicted octanol–water partition coefficient (Wildman–Crippen LogP) is 3.98. The first-order valence-electron chi connectivity index (χ1n) is 5.26. The molecule has 3 rings (SSSR count). The van der Waals surface area contributed by atoms with Crippen molar-refractivity contribution in [3.05, 3.63) is 46.7 Å². The molecule has 2 N–H and O–H groups in total. The lowest BCUT2D eigenvalue weighted by Gasteiger charge is -2.01. The van der Waals surface area contributed by atoms with Gasteiger partial charge in [-0.1, -0.05) is 12.1 Å². The van der Waals surface area contributed by atoms with Gasteiger partial charge in [-0.15, -0.1) is 0 Å². The first-order valence-corrected chi connectivity index (χ1v) is 6.05. The number of anilines is 1. The van der Waals surface area contributed by atoms with Crippen LogP contribution in [0.2, 0.25) is 0 Å². The number of oxazole rings is 1. The summed E-state index contributed by atoms with van der Waals surface area (Å²) in [6.45, 7) is 0. The third kappa shape index (κ3) is 1.67. The van der Waals surface area contributed by atoms with Crippen molar-refractivity contribution in [3.8, 4) is 11.5 Å². The van der Waals surface area contributed by atoms with Crippen molar-refractivity contribution in [1.82, 2.24) is 4.98 Å². The lowest BCUT2D eigenvalue weighted by Crippen LogP contribution is -1.93. The van der Waals surface area contributed by atoms with Crippen LogP contribution in [0, 0.1) is 5.82 Å². The highest BCUT2D eigenvalue weighted by atomic mass is 79.9. The Morgan fingerprint density at radius 1 is 1.17 bits per heavy atom. The fourth-order valence-corrected chi connectivity index (χ4v) is 2.23. The van der Waals surface area contributed by atoms with Crippen LogP contribution in [0.15, 0.2) is 45.3 Å². The van der Waals surface area contributed by atoms with E-state index in [4.69, 9.17) is 10.2 Å². The van der Waals surface area contributed by atoms with Crippen LogP contribution in [0.1, 0.15) is 0 Å². The van der Waals surface area contributed by atoms with Gasteiger partial charge in [0.2, 0.25) is 5.89 Å². The molecule has 3 nitrogen and oxygen atoms in total. The Morgan fingerprint density at radius 2 is 1.94 bits per heavy atom. The molecule has 0 saturated carbocycles. The van der Waals surface area contributed by atoms with Crippen LogP contribution in [0.5, 0.6) is 0 Å². The molecule has 90 valence electrons. The summed E-state index contributed by atoms with van der Waals surface area (Å²) in [4.78, 5) is 4.25. The molecule has 0 unspecified atom stereocenters. The maximum absolute atomic E-state index is 13.8. The van der Waals surface area contributed by atoms with Crippen LogP contribution in [0.4, 0.5) is 10.1 Å². The third-order valence-electron chi connectivity index (χ3n) is 2.63. The minimum absolute atomic E-state index is 0.188. The van der Waals surface area contributed by atoms with E-state index in [2.05, 4.69) is 20.9 Å². The molecule has 0 amide bonds. The summed E-state index contributed by atoms with van der Waals surface area (Å²) in [5.74, 6) is -0.259. The van der Waals surface area contributed by atoms with E-state index in [-0.39, 0.29) is 11.5 Å². The molecule has 0 aliphatic heterocycles. The summed E-state index contributed by atoms with van der Waals surface area (Å²) < 4.78 is 20.1. The molecule has 0 aliphatic carbocycles. The third-order valence-corrected chi connectivity index (χ3v) is 3.25. The Morgan fingerprint density at radius 3 is 2.67 bits per heavy atom. The molecular weight excluding hydrogens is 299 g/mol. The highest BCUT2D eigenvalue weighted by Gasteiger charge is 2.16. The average Bonchev–Trinajstić information content (AvgIpc) is 2.74. The Balaban J connectivity index is 2.30. The molecule has 3 aromatic rings. The number of halogens is 2. The number of aromatic nitrogens is 1. The van der Waals surface area contributed by atoms with Crippen LogP contribution < -0.4 is 5.73 Å². The second-order valence-electron chi connectivity index (χ2n) is 3.81. The zero-order valence-electron chi connectivity index (χ0n) is 9.15. The van der Waals surface area contributed by atoms with Crippen LogP contribution in [0.25, 0.3) is 22.6 Å². The van der Waals surface area contributed by atoms with E-state index < -0.39 is 5.82 Å². The summed E-state index contributed by atoms with van der Waals surface area (Å²) in [6.07, 6.45) is 0. The number of para-hydroxylation sites is 1. The van der Waals surface area contributed by atoms with Crippen molar-refractivity contribution < 1.29 is 8.81 Å². The summed E-state index contributed by atoms with van der Waals surface area (Å²) in [7, 11) is 0. The van der Waals surface area contributed by atoms with Crippen molar-refractivity contribution >= 4 is 32.7 Å². The van der Waals surface area contributed by atoms with E-state index in [0.29, 0.717) is 16.8 Å². The van der Waals surface area contributed by atoms with Crippen LogP contribution >= 0.6 is 15.9 Å². The van der Waals surface area contributed by atoms with E-state index in [1.165, 1.54) is 6.07 Å². The van der Waals surface area contributed by atoms with Gasteiger partial charge in [0.25, 0.3) is 0 Å². The lowest BCUT2D eigenvalue weighted by molar-refractivity contribution is 0.593. The van der Waals surface area contributed by atoms with E-state index >= 15 is 0 Å². The smallest absolute Gasteiger partial charge is 0.232 e. The Kier molecular flexibility index (Phi) is 2.56. The first kappa shape index (κ1) is 11.2. The topological polar surface area (TPSA) is 52.0 Å². The zero-order chi connectivity index (χ0) is 12.7. The van der Waals surface area contributed by atoms with Crippen LogP contribution in [-0.4, -0.2) is 4.98 Å². The maximum Gasteiger partial charge on any atom is 0.232 e. The molecule has 2 aromatic carbocycles. The number of rotatable bonds is 1.